The number of carbonyl (C=O) groups excluding carboxylic acids is 1. The van der Waals surface area contributed by atoms with Crippen molar-refractivity contribution in [1.82, 2.24) is 9.88 Å². The maximum atomic E-state index is 11.5. The Kier molecular flexibility index (Phi) is 7.54. The minimum absolute atomic E-state index is 0.0280. The van der Waals surface area contributed by atoms with Crippen LogP contribution in [0.3, 0.4) is 0 Å². The molecular formula is C28H28ClN3O3. The van der Waals surface area contributed by atoms with Gasteiger partial charge in [0, 0.05) is 28.9 Å². The third-order valence-corrected chi connectivity index (χ3v) is 5.94. The van der Waals surface area contributed by atoms with Gasteiger partial charge in [-0.05, 0) is 55.9 Å². The summed E-state index contributed by atoms with van der Waals surface area (Å²) in [4.78, 5) is 21.6. The highest BCUT2D eigenvalue weighted by Crippen LogP contribution is 2.33. The van der Waals surface area contributed by atoms with Gasteiger partial charge in [-0.15, -0.1) is 0 Å². The molecular weight excluding hydrogens is 462 g/mol. The Balaban J connectivity index is 1.80. The fraction of sp³-hybridized carbons (Fsp3) is 0.214. The minimum Gasteiger partial charge on any atom is -0.494 e. The van der Waals surface area contributed by atoms with E-state index in [4.69, 9.17) is 21.3 Å². The van der Waals surface area contributed by atoms with Gasteiger partial charge in [0.2, 0.25) is 0 Å². The van der Waals surface area contributed by atoms with E-state index in [2.05, 4.69) is 16.0 Å². The van der Waals surface area contributed by atoms with E-state index < -0.39 is 0 Å². The molecule has 1 heterocycles. The number of fused-ring (bicyclic) bond motifs is 1. The van der Waals surface area contributed by atoms with E-state index in [0.29, 0.717) is 29.1 Å². The van der Waals surface area contributed by atoms with Gasteiger partial charge >= 0.3 is 5.97 Å². The van der Waals surface area contributed by atoms with Gasteiger partial charge in [0.1, 0.15) is 0 Å². The van der Waals surface area contributed by atoms with Gasteiger partial charge in [-0.3, -0.25) is 4.79 Å². The van der Waals surface area contributed by atoms with Crippen molar-refractivity contribution in [3.8, 4) is 5.88 Å². The Morgan fingerprint density at radius 3 is 2.54 bits per heavy atom. The van der Waals surface area contributed by atoms with Gasteiger partial charge in [0.15, 0.2) is 5.88 Å². The molecule has 0 atom stereocenters. The number of aromatic amines is 1. The summed E-state index contributed by atoms with van der Waals surface area (Å²) in [6.45, 7) is 0.796. The standard InChI is InChI=1S/C28H28ClN3O3/c1-32(2)17-19-5-4-6-22(15-19)30-27(20-10-7-18(8-11-20)9-14-25(33)35-3)26-23-13-12-21(29)16-24(23)31-28(26)34/h4-8,10-13,15-16,31,34H,9,14,17H2,1-3H3. The van der Waals surface area contributed by atoms with Crippen LogP contribution in [0.2, 0.25) is 5.02 Å². The Hall–Kier alpha value is -3.61. The molecule has 0 bridgehead atoms. The predicted molar refractivity (Wildman–Crippen MR) is 141 cm³/mol. The lowest BCUT2D eigenvalue weighted by atomic mass is 9.98. The third-order valence-electron chi connectivity index (χ3n) is 5.70. The number of hydrogen-bond acceptors (Lipinski definition) is 5. The summed E-state index contributed by atoms with van der Waals surface area (Å²) in [5, 5.41) is 12.3. The number of ether oxygens (including phenoxy) is 1. The molecule has 0 radical (unpaired) electrons. The van der Waals surface area contributed by atoms with Gasteiger partial charge in [-0.25, -0.2) is 4.99 Å². The molecule has 3 aromatic carbocycles. The lowest BCUT2D eigenvalue weighted by Crippen LogP contribution is -2.10. The van der Waals surface area contributed by atoms with E-state index in [1.807, 2.05) is 62.6 Å². The monoisotopic (exact) mass is 489 g/mol. The third kappa shape index (κ3) is 5.91. The molecule has 0 saturated heterocycles. The van der Waals surface area contributed by atoms with Crippen molar-refractivity contribution >= 4 is 39.9 Å². The van der Waals surface area contributed by atoms with Crippen molar-refractivity contribution in [3.63, 3.8) is 0 Å². The van der Waals surface area contributed by atoms with E-state index in [1.54, 1.807) is 12.1 Å². The van der Waals surface area contributed by atoms with E-state index in [-0.39, 0.29) is 11.8 Å². The molecule has 0 spiro atoms. The molecule has 0 amide bonds. The summed E-state index contributed by atoms with van der Waals surface area (Å²) in [5.41, 5.74) is 5.77. The number of aromatic hydroxyl groups is 1. The molecule has 35 heavy (non-hydrogen) atoms. The average Bonchev–Trinajstić information content (AvgIpc) is 3.15. The Labute approximate surface area is 209 Å². The first-order valence-electron chi connectivity index (χ1n) is 11.3. The van der Waals surface area contributed by atoms with Crippen molar-refractivity contribution in [3.05, 3.63) is 94.0 Å². The first-order valence-corrected chi connectivity index (χ1v) is 11.7. The highest BCUT2D eigenvalue weighted by molar-refractivity contribution is 6.31. The summed E-state index contributed by atoms with van der Waals surface area (Å²) in [6, 6.07) is 21.4. The number of aryl methyl sites for hydroxylation is 1. The lowest BCUT2D eigenvalue weighted by Gasteiger charge is -2.11. The molecule has 0 aliphatic heterocycles. The van der Waals surface area contributed by atoms with E-state index in [0.717, 1.165) is 39.8 Å². The van der Waals surface area contributed by atoms with Crippen molar-refractivity contribution < 1.29 is 14.6 Å². The molecule has 1 aromatic heterocycles. The fourth-order valence-corrected chi connectivity index (χ4v) is 4.23. The van der Waals surface area contributed by atoms with Crippen LogP contribution in [-0.2, 0) is 22.5 Å². The van der Waals surface area contributed by atoms with Crippen LogP contribution in [-0.4, -0.2) is 47.9 Å². The summed E-state index contributed by atoms with van der Waals surface area (Å²) in [5.74, 6) is -0.212. The second-order valence-electron chi connectivity index (χ2n) is 8.68. The number of rotatable bonds is 8. The zero-order chi connectivity index (χ0) is 24.9. The van der Waals surface area contributed by atoms with Gasteiger partial charge < -0.3 is 19.7 Å². The van der Waals surface area contributed by atoms with Crippen LogP contribution in [0.4, 0.5) is 5.69 Å². The van der Waals surface area contributed by atoms with Crippen LogP contribution < -0.4 is 0 Å². The highest BCUT2D eigenvalue weighted by atomic mass is 35.5. The van der Waals surface area contributed by atoms with E-state index in [1.165, 1.54) is 7.11 Å². The van der Waals surface area contributed by atoms with Crippen molar-refractivity contribution in [2.24, 2.45) is 4.99 Å². The van der Waals surface area contributed by atoms with E-state index >= 15 is 0 Å². The molecule has 180 valence electrons. The fourth-order valence-electron chi connectivity index (χ4n) is 4.06. The number of hydrogen-bond donors (Lipinski definition) is 2. The quantitative estimate of drug-likeness (QED) is 0.240. The topological polar surface area (TPSA) is 77.9 Å². The van der Waals surface area contributed by atoms with Crippen LogP contribution in [0.25, 0.3) is 10.9 Å². The molecule has 2 N–H and O–H groups in total. The highest BCUT2D eigenvalue weighted by Gasteiger charge is 2.19. The van der Waals surface area contributed by atoms with Crippen molar-refractivity contribution in [2.45, 2.75) is 19.4 Å². The minimum atomic E-state index is -0.240. The Bertz CT molecular complexity index is 1370. The lowest BCUT2D eigenvalue weighted by molar-refractivity contribution is -0.140. The molecule has 0 unspecified atom stereocenters. The maximum Gasteiger partial charge on any atom is 0.305 e. The number of H-pyrrole nitrogens is 1. The molecule has 0 aliphatic rings. The number of methoxy groups -OCH3 is 1. The van der Waals surface area contributed by atoms with Gasteiger partial charge in [-0.2, -0.15) is 0 Å². The number of aliphatic imine (C=N–C) groups is 1. The summed E-state index contributed by atoms with van der Waals surface area (Å²) in [7, 11) is 5.44. The summed E-state index contributed by atoms with van der Waals surface area (Å²) in [6.07, 6.45) is 0.905. The van der Waals surface area contributed by atoms with Crippen LogP contribution in [0.5, 0.6) is 5.88 Å². The second kappa shape index (κ2) is 10.8. The molecule has 0 fully saturated rings. The number of halogens is 1. The summed E-state index contributed by atoms with van der Waals surface area (Å²) >= 11 is 6.18. The van der Waals surface area contributed by atoms with E-state index in [9.17, 15) is 9.90 Å². The Morgan fingerprint density at radius 2 is 1.83 bits per heavy atom. The average molecular weight is 490 g/mol. The van der Waals surface area contributed by atoms with Crippen molar-refractivity contribution in [1.29, 1.82) is 0 Å². The molecule has 0 saturated carbocycles. The predicted octanol–water partition coefficient (Wildman–Crippen LogP) is 5.86. The normalized spacial score (nSPS) is 11.9. The first kappa shape index (κ1) is 24.5. The molecule has 4 aromatic rings. The molecule has 0 aliphatic carbocycles. The first-order chi connectivity index (χ1) is 16.8. The largest absolute Gasteiger partial charge is 0.494 e. The smallest absolute Gasteiger partial charge is 0.305 e. The van der Waals surface area contributed by atoms with Crippen molar-refractivity contribution in [2.75, 3.05) is 21.2 Å². The second-order valence-corrected chi connectivity index (χ2v) is 9.12. The molecule has 4 rings (SSSR count). The number of benzene rings is 3. The number of nitrogens with zero attached hydrogens (tertiary/aromatic N) is 2. The van der Waals surface area contributed by atoms with Crippen LogP contribution >= 0.6 is 11.6 Å². The molecule has 7 heteroatoms. The summed E-state index contributed by atoms with van der Waals surface area (Å²) < 4.78 is 4.74. The molecule has 6 nitrogen and oxygen atoms in total. The Morgan fingerprint density at radius 1 is 1.06 bits per heavy atom. The zero-order valence-electron chi connectivity index (χ0n) is 20.0. The van der Waals surface area contributed by atoms with Crippen LogP contribution in [0.1, 0.15) is 28.7 Å². The van der Waals surface area contributed by atoms with Crippen LogP contribution in [0, 0.1) is 0 Å². The number of carbonyl (C=O) groups is 1. The van der Waals surface area contributed by atoms with Gasteiger partial charge in [0.25, 0.3) is 0 Å². The number of nitrogens with one attached hydrogen (secondary N) is 1. The van der Waals surface area contributed by atoms with Gasteiger partial charge in [0.05, 0.1) is 29.6 Å². The maximum absolute atomic E-state index is 11.5. The zero-order valence-corrected chi connectivity index (χ0v) is 20.8. The number of esters is 1. The van der Waals surface area contributed by atoms with Gasteiger partial charge in [-0.1, -0.05) is 54.1 Å². The number of aromatic nitrogens is 1. The SMILES string of the molecule is COC(=O)CCc1ccc(C(=Nc2cccc(CN(C)C)c2)c2c(O)[nH]c3cc(Cl)ccc23)cc1. The van der Waals surface area contributed by atoms with Crippen LogP contribution in [0.15, 0.2) is 71.7 Å².